The van der Waals surface area contributed by atoms with E-state index in [4.69, 9.17) is 13.7 Å². The summed E-state index contributed by atoms with van der Waals surface area (Å²) in [6.45, 7) is 17.1. The van der Waals surface area contributed by atoms with Crippen LogP contribution in [0.4, 0.5) is 10.1 Å². The van der Waals surface area contributed by atoms with Crippen molar-refractivity contribution < 1.29 is 32.8 Å². The van der Waals surface area contributed by atoms with Gasteiger partial charge in [0, 0.05) is 29.3 Å². The van der Waals surface area contributed by atoms with Crippen molar-refractivity contribution in [2.45, 2.75) is 97.2 Å². The van der Waals surface area contributed by atoms with E-state index in [1.54, 1.807) is 0 Å². The van der Waals surface area contributed by atoms with Gasteiger partial charge in [-0.1, -0.05) is 65.0 Å². The molecule has 0 unspecified atom stereocenters. The van der Waals surface area contributed by atoms with Gasteiger partial charge in [-0.2, -0.15) is 0 Å². The minimum Gasteiger partial charge on any atom is -0.508 e. The minimum absolute atomic E-state index is 0.0117. The van der Waals surface area contributed by atoms with Gasteiger partial charge in [0.05, 0.1) is 6.04 Å². The van der Waals surface area contributed by atoms with E-state index in [-0.39, 0.29) is 52.8 Å². The number of nitrogens with one attached hydrogen (secondary N) is 1. The molecule has 0 radical (unpaired) electrons. The van der Waals surface area contributed by atoms with Crippen LogP contribution in [0, 0.1) is 30.5 Å². The number of ether oxygens (including phenoxy) is 1. The Morgan fingerprint density at radius 2 is 1.84 bits per heavy atom. The first-order chi connectivity index (χ1) is 23.9. The third-order valence-electron chi connectivity index (χ3n) is 11.6. The van der Waals surface area contributed by atoms with E-state index < -0.39 is 49.2 Å². The third kappa shape index (κ3) is 6.14. The molecule has 3 aliphatic carbocycles. The zero-order valence-electron chi connectivity index (χ0n) is 31.6. The van der Waals surface area contributed by atoms with Crippen molar-refractivity contribution in [2.75, 3.05) is 26.0 Å². The second kappa shape index (κ2) is 13.3. The van der Waals surface area contributed by atoms with E-state index in [0.29, 0.717) is 35.0 Å². The summed E-state index contributed by atoms with van der Waals surface area (Å²) >= 11 is 0. The van der Waals surface area contributed by atoms with Crippen molar-refractivity contribution in [3.63, 3.8) is 0 Å². The zero-order chi connectivity index (χ0) is 37.2. The second-order valence-corrected chi connectivity index (χ2v) is 21.4. The van der Waals surface area contributed by atoms with Gasteiger partial charge >= 0.3 is 0 Å². The highest BCUT2D eigenvalue weighted by molar-refractivity contribution is 6.74. The molecule has 1 aromatic heterocycles. The van der Waals surface area contributed by atoms with Crippen molar-refractivity contribution in [2.24, 2.45) is 17.8 Å². The summed E-state index contributed by atoms with van der Waals surface area (Å²) in [6, 6.07) is 10.4. The Morgan fingerprint density at radius 1 is 1.16 bits per heavy atom. The number of hydrogen-bond acceptors (Lipinski definition) is 9. The molecule has 0 fully saturated rings. The van der Waals surface area contributed by atoms with Crippen LogP contribution in [0.15, 0.2) is 52.3 Å². The third-order valence-corrected chi connectivity index (χ3v) is 16.0. The number of halogens is 1. The molecule has 0 saturated heterocycles. The summed E-state index contributed by atoms with van der Waals surface area (Å²) in [5.41, 5.74) is 0.932. The van der Waals surface area contributed by atoms with E-state index >= 15 is 9.18 Å². The summed E-state index contributed by atoms with van der Waals surface area (Å²) in [7, 11) is 0.898. The topological polar surface area (TPSA) is 114 Å². The molecule has 51 heavy (non-hydrogen) atoms. The number of ketones is 2. The number of hydrogen-bond donors (Lipinski definition) is 2. The Hall–Kier alpha value is -3.80. The SMILES string of the molecule is Cc1c(NCCC(C)C)cc(F)c2c1C(=O)C1=C(O)[C@]3(O[Si](C)(C)C(C)(C)C)C(=O)c4c(OCc5ccccc5)noc4[C@@H](N(C)C)[C@@H]3C[C@@H]1C2. The van der Waals surface area contributed by atoms with Crippen LogP contribution in [0.3, 0.4) is 0 Å². The van der Waals surface area contributed by atoms with Gasteiger partial charge in [0.2, 0.25) is 5.78 Å². The monoisotopic (exact) mass is 717 g/mol. The van der Waals surface area contributed by atoms with Gasteiger partial charge in [0.25, 0.3) is 5.88 Å². The number of aliphatic hydroxyl groups is 1. The molecule has 0 saturated carbocycles. The molecule has 1 heterocycles. The smallest absolute Gasteiger partial charge is 0.265 e. The van der Waals surface area contributed by atoms with Gasteiger partial charge in [0.1, 0.15) is 23.7 Å². The fraction of sp³-hybridized carbons (Fsp3) is 0.525. The summed E-state index contributed by atoms with van der Waals surface area (Å²) in [4.78, 5) is 32.0. The molecule has 4 atom stereocenters. The van der Waals surface area contributed by atoms with Crippen molar-refractivity contribution in [1.29, 1.82) is 0 Å². The van der Waals surface area contributed by atoms with Crippen molar-refractivity contribution in [3.8, 4) is 5.88 Å². The Bertz CT molecular complexity index is 1880. The van der Waals surface area contributed by atoms with Crippen LogP contribution >= 0.6 is 0 Å². The van der Waals surface area contributed by atoms with Crippen LogP contribution in [0.1, 0.15) is 96.7 Å². The molecule has 3 aromatic rings. The number of carbonyl (C=O) groups is 2. The van der Waals surface area contributed by atoms with Crippen LogP contribution in [0.25, 0.3) is 0 Å². The Balaban J connectivity index is 1.54. The van der Waals surface area contributed by atoms with E-state index in [2.05, 4.69) is 45.1 Å². The number of aliphatic hydroxyl groups excluding tert-OH is 1. The van der Waals surface area contributed by atoms with E-state index in [1.807, 2.05) is 69.3 Å². The standard InChI is InChI=1S/C40H52FN3O6Si/c1-22(2)16-17-42-29-20-28(41)26-18-25-19-27-33(44(7)8)35-32(38(43-49-35)48-21-24-14-12-11-13-15-24)37(47)40(27,50-51(9,10)39(4,5)6)36(46)31(25)34(45)30(26)23(29)3/h11-15,20,22,25,27,33,42,46H,16-19,21H2,1-10H3/t25-,27-,33-,40-/m0/s1. The van der Waals surface area contributed by atoms with Gasteiger partial charge in [-0.25, -0.2) is 4.39 Å². The maximum atomic E-state index is 16.0. The maximum Gasteiger partial charge on any atom is 0.265 e. The summed E-state index contributed by atoms with van der Waals surface area (Å²) < 4.78 is 35.3. The molecule has 11 heteroatoms. The number of benzene rings is 2. The lowest BCUT2D eigenvalue weighted by molar-refractivity contribution is -0.0481. The first-order valence-electron chi connectivity index (χ1n) is 18.0. The predicted molar refractivity (Wildman–Crippen MR) is 197 cm³/mol. The molecule has 9 nitrogen and oxygen atoms in total. The molecular formula is C40H52FN3O6Si. The summed E-state index contributed by atoms with van der Waals surface area (Å²) in [6.07, 6.45) is 1.36. The molecule has 0 aliphatic heterocycles. The lowest BCUT2D eigenvalue weighted by Gasteiger charge is -2.55. The van der Waals surface area contributed by atoms with E-state index in [9.17, 15) is 9.90 Å². The molecule has 6 rings (SSSR count). The first-order valence-corrected chi connectivity index (χ1v) is 20.9. The normalized spacial score (nSPS) is 23.3. The zero-order valence-corrected chi connectivity index (χ0v) is 32.6. The van der Waals surface area contributed by atoms with Gasteiger partial charge < -0.3 is 24.1 Å². The molecule has 0 spiro atoms. The van der Waals surface area contributed by atoms with Crippen LogP contribution in [-0.2, 0) is 17.5 Å². The number of fused-ring (bicyclic) bond motifs is 4. The lowest BCUT2D eigenvalue weighted by Crippen LogP contribution is -2.65. The number of carbonyl (C=O) groups excluding carboxylic acids is 2. The maximum absolute atomic E-state index is 16.0. The fourth-order valence-electron chi connectivity index (χ4n) is 7.85. The largest absolute Gasteiger partial charge is 0.508 e. The van der Waals surface area contributed by atoms with Crippen LogP contribution < -0.4 is 10.1 Å². The predicted octanol–water partition coefficient (Wildman–Crippen LogP) is 8.61. The Kier molecular flexibility index (Phi) is 9.65. The lowest BCUT2D eigenvalue weighted by atomic mass is 9.58. The van der Waals surface area contributed by atoms with Crippen LogP contribution in [0.5, 0.6) is 5.88 Å². The first kappa shape index (κ1) is 37.0. The summed E-state index contributed by atoms with van der Waals surface area (Å²) in [5.74, 6) is -2.29. The number of rotatable bonds is 10. The van der Waals surface area contributed by atoms with Crippen molar-refractivity contribution in [3.05, 3.63) is 87.1 Å². The van der Waals surface area contributed by atoms with Gasteiger partial charge in [0.15, 0.2) is 25.5 Å². The minimum atomic E-state index is -2.86. The number of nitrogens with zero attached hydrogens (tertiary/aromatic N) is 2. The molecule has 2 aromatic carbocycles. The molecule has 3 aliphatic rings. The molecule has 2 N–H and O–H groups in total. The number of anilines is 1. The molecule has 274 valence electrons. The van der Waals surface area contributed by atoms with Crippen molar-refractivity contribution in [1.82, 2.24) is 10.1 Å². The second-order valence-electron chi connectivity index (χ2n) is 16.7. The number of aromatic nitrogens is 1. The molecule has 0 bridgehead atoms. The van der Waals surface area contributed by atoms with Crippen LogP contribution in [-0.4, -0.2) is 61.3 Å². The number of Topliss-reactive ketones (excluding diaryl/α,β-unsaturated/α-hetero) is 2. The van der Waals surface area contributed by atoms with Gasteiger partial charge in [-0.3, -0.25) is 14.5 Å². The highest BCUT2D eigenvalue weighted by Gasteiger charge is 2.67. The highest BCUT2D eigenvalue weighted by Crippen LogP contribution is 2.59. The quantitative estimate of drug-likeness (QED) is 0.199. The van der Waals surface area contributed by atoms with Crippen LogP contribution in [0.2, 0.25) is 18.1 Å². The molecular weight excluding hydrogens is 666 g/mol. The van der Waals surface area contributed by atoms with E-state index in [1.165, 1.54) is 6.07 Å². The Morgan fingerprint density at radius 3 is 2.47 bits per heavy atom. The fourth-order valence-corrected chi connectivity index (χ4v) is 9.30. The Labute approximate surface area is 301 Å². The average molecular weight is 718 g/mol. The summed E-state index contributed by atoms with van der Waals surface area (Å²) in [5, 5.41) is 20.0. The van der Waals surface area contributed by atoms with Crippen molar-refractivity contribution >= 4 is 25.6 Å². The highest BCUT2D eigenvalue weighted by atomic mass is 28.4. The number of allylic oxidation sites excluding steroid dienone is 1. The van der Waals surface area contributed by atoms with Gasteiger partial charge in [-0.15, -0.1) is 0 Å². The average Bonchev–Trinajstić information content (AvgIpc) is 3.46. The molecule has 0 amide bonds. The van der Waals surface area contributed by atoms with Gasteiger partial charge in [-0.05, 0) is 98.2 Å². The van der Waals surface area contributed by atoms with E-state index in [0.717, 1.165) is 12.0 Å².